The number of benzene rings is 3. The van der Waals surface area contributed by atoms with Gasteiger partial charge in [0.15, 0.2) is 0 Å². The first-order chi connectivity index (χ1) is 18.3. The lowest BCUT2D eigenvalue weighted by molar-refractivity contribution is -0.141. The van der Waals surface area contributed by atoms with E-state index in [1.807, 2.05) is 74.5 Å². The normalized spacial score (nSPS) is 12.6. The van der Waals surface area contributed by atoms with Gasteiger partial charge in [-0.05, 0) is 73.0 Å². The Hall–Kier alpha value is -2.18. The minimum absolute atomic E-state index is 0.00141. The van der Waals surface area contributed by atoms with Crippen LogP contribution < -0.4 is 5.32 Å². The van der Waals surface area contributed by atoms with Crippen molar-refractivity contribution in [3.05, 3.63) is 99.0 Å². The minimum Gasteiger partial charge on any atom is -0.352 e. The van der Waals surface area contributed by atoms with E-state index in [4.69, 9.17) is 34.8 Å². The maximum absolute atomic E-state index is 13.7. The van der Waals surface area contributed by atoms with Gasteiger partial charge in [0.05, 0.1) is 10.0 Å². The van der Waals surface area contributed by atoms with Crippen molar-refractivity contribution < 1.29 is 9.59 Å². The van der Waals surface area contributed by atoms with Crippen LogP contribution in [0.3, 0.4) is 0 Å². The van der Waals surface area contributed by atoms with E-state index in [1.54, 1.807) is 28.8 Å². The quantitative estimate of drug-likeness (QED) is 0.161. The van der Waals surface area contributed by atoms with Crippen LogP contribution in [-0.4, -0.2) is 34.6 Å². The fourth-order valence-corrected chi connectivity index (χ4v) is 5.22. The number of amides is 2. The number of carbonyl (C=O) groups excluding carboxylic acids is 2. The molecular weight excluding hydrogens is 559 g/mol. The molecule has 0 aromatic heterocycles. The Bertz CT molecular complexity index is 1190. The Kier molecular flexibility index (Phi) is 12.3. The molecule has 202 valence electrons. The van der Waals surface area contributed by atoms with Gasteiger partial charge in [-0.3, -0.25) is 9.59 Å². The molecule has 8 heteroatoms. The van der Waals surface area contributed by atoms with Gasteiger partial charge in [0, 0.05) is 35.3 Å². The van der Waals surface area contributed by atoms with Crippen LogP contribution in [0.4, 0.5) is 0 Å². The maximum atomic E-state index is 13.7. The molecule has 0 fully saturated rings. The first-order valence-corrected chi connectivity index (χ1v) is 14.8. The van der Waals surface area contributed by atoms with Gasteiger partial charge in [-0.1, -0.05) is 78.1 Å². The zero-order chi connectivity index (χ0) is 27.5. The Morgan fingerprint density at radius 2 is 1.63 bits per heavy atom. The molecule has 3 aromatic carbocycles. The second kappa shape index (κ2) is 15.4. The van der Waals surface area contributed by atoms with E-state index in [0.29, 0.717) is 34.3 Å². The molecule has 0 heterocycles. The van der Waals surface area contributed by atoms with Gasteiger partial charge in [0.25, 0.3) is 0 Å². The minimum atomic E-state index is -0.669. The van der Waals surface area contributed by atoms with E-state index in [1.165, 1.54) is 0 Å². The largest absolute Gasteiger partial charge is 0.352 e. The van der Waals surface area contributed by atoms with Crippen molar-refractivity contribution in [2.75, 3.05) is 5.75 Å². The number of rotatable bonds is 13. The summed E-state index contributed by atoms with van der Waals surface area (Å²) < 4.78 is 0. The molecule has 0 aliphatic carbocycles. The molecule has 3 rings (SSSR count). The molecule has 3 aromatic rings. The van der Waals surface area contributed by atoms with Crippen molar-refractivity contribution in [1.82, 2.24) is 10.2 Å². The highest BCUT2D eigenvalue weighted by Crippen LogP contribution is 2.25. The zero-order valence-corrected chi connectivity index (χ0v) is 24.7. The third kappa shape index (κ3) is 9.53. The van der Waals surface area contributed by atoms with Crippen LogP contribution in [0.2, 0.25) is 15.1 Å². The first-order valence-electron chi connectivity index (χ1n) is 12.7. The lowest BCUT2D eigenvalue weighted by Gasteiger charge is -2.32. The Morgan fingerprint density at radius 3 is 2.29 bits per heavy atom. The van der Waals surface area contributed by atoms with E-state index < -0.39 is 6.04 Å². The van der Waals surface area contributed by atoms with E-state index in [9.17, 15) is 9.59 Å². The smallest absolute Gasteiger partial charge is 0.243 e. The molecule has 0 aliphatic heterocycles. The van der Waals surface area contributed by atoms with Gasteiger partial charge < -0.3 is 10.2 Å². The molecule has 0 bridgehead atoms. The molecule has 1 N–H and O–H groups in total. The Labute approximate surface area is 245 Å². The van der Waals surface area contributed by atoms with Crippen LogP contribution in [0.25, 0.3) is 0 Å². The van der Waals surface area contributed by atoms with E-state index in [0.717, 1.165) is 28.2 Å². The summed E-state index contributed by atoms with van der Waals surface area (Å²) in [5, 5.41) is 4.65. The lowest BCUT2D eigenvalue weighted by atomic mass is 10.0. The second-order valence-electron chi connectivity index (χ2n) is 9.20. The van der Waals surface area contributed by atoms with Crippen molar-refractivity contribution in [1.29, 1.82) is 0 Å². The summed E-state index contributed by atoms with van der Waals surface area (Å²) in [6, 6.07) is 22.1. The van der Waals surface area contributed by atoms with Crippen LogP contribution in [0.5, 0.6) is 0 Å². The molecule has 0 radical (unpaired) electrons. The second-order valence-corrected chi connectivity index (χ2v) is 11.6. The molecule has 2 amide bonds. The van der Waals surface area contributed by atoms with E-state index >= 15 is 0 Å². The van der Waals surface area contributed by atoms with Gasteiger partial charge in [0.1, 0.15) is 6.04 Å². The van der Waals surface area contributed by atoms with Crippen LogP contribution in [-0.2, 0) is 22.6 Å². The van der Waals surface area contributed by atoms with Crippen LogP contribution in [0.1, 0.15) is 44.2 Å². The summed E-state index contributed by atoms with van der Waals surface area (Å²) in [4.78, 5) is 30.0. The van der Waals surface area contributed by atoms with Gasteiger partial charge in [-0.25, -0.2) is 0 Å². The molecule has 2 atom stereocenters. The Balaban J connectivity index is 1.82. The zero-order valence-electron chi connectivity index (χ0n) is 21.6. The van der Waals surface area contributed by atoms with Crippen molar-refractivity contribution >= 4 is 58.4 Å². The van der Waals surface area contributed by atoms with Crippen LogP contribution >= 0.6 is 46.6 Å². The van der Waals surface area contributed by atoms with Gasteiger partial charge in [0.2, 0.25) is 11.8 Å². The molecule has 0 saturated carbocycles. The Morgan fingerprint density at radius 1 is 0.921 bits per heavy atom. The number of halogens is 3. The number of thioether (sulfide) groups is 1. The average Bonchev–Trinajstić information content (AvgIpc) is 2.91. The predicted molar refractivity (Wildman–Crippen MR) is 160 cm³/mol. The fraction of sp³-hybridized carbons (Fsp3) is 0.333. The van der Waals surface area contributed by atoms with Crippen molar-refractivity contribution in [2.24, 2.45) is 0 Å². The predicted octanol–water partition coefficient (Wildman–Crippen LogP) is 8.07. The van der Waals surface area contributed by atoms with E-state index in [-0.39, 0.29) is 24.4 Å². The van der Waals surface area contributed by atoms with Crippen LogP contribution in [0.15, 0.2) is 77.7 Å². The molecular formula is C30H33Cl3N2O2S. The summed E-state index contributed by atoms with van der Waals surface area (Å²) >= 11 is 20.1. The van der Waals surface area contributed by atoms with Crippen molar-refractivity contribution in [3.8, 4) is 0 Å². The van der Waals surface area contributed by atoms with Gasteiger partial charge in [-0.15, -0.1) is 11.8 Å². The molecule has 4 nitrogen and oxygen atoms in total. The first kappa shape index (κ1) is 30.4. The number of hydrogen-bond acceptors (Lipinski definition) is 3. The fourth-order valence-electron chi connectivity index (χ4n) is 3.92. The number of nitrogens with zero attached hydrogens (tertiary/aromatic N) is 1. The molecule has 2 unspecified atom stereocenters. The molecule has 0 aliphatic rings. The number of nitrogens with one attached hydrogen (secondary N) is 1. The lowest BCUT2D eigenvalue weighted by Crippen LogP contribution is -2.52. The highest BCUT2D eigenvalue weighted by atomic mass is 35.5. The molecule has 0 saturated heterocycles. The number of carbonyl (C=O) groups is 2. The maximum Gasteiger partial charge on any atom is 0.243 e. The average molecular weight is 592 g/mol. The van der Waals surface area contributed by atoms with Gasteiger partial charge in [-0.2, -0.15) is 0 Å². The third-order valence-corrected chi connectivity index (χ3v) is 8.32. The topological polar surface area (TPSA) is 49.4 Å². The molecule has 0 spiro atoms. The SMILES string of the molecule is CCC(C)NC(=O)C(Cc1ccccc1)N(Cc1ccc(Cl)c(Cl)c1)C(=O)CCCSc1ccc(Cl)cc1. The standard InChI is InChI=1S/C30H33Cl3N2O2S/c1-3-21(2)34-30(37)28(19-22-8-5-4-6-9-22)35(20-23-11-16-26(32)27(33)18-23)29(36)10-7-17-38-25-14-12-24(31)13-15-25/h4-6,8-9,11-16,18,21,28H,3,7,10,17,19-20H2,1-2H3,(H,34,37). The summed E-state index contributed by atoms with van der Waals surface area (Å²) in [5.41, 5.74) is 1.81. The highest BCUT2D eigenvalue weighted by molar-refractivity contribution is 7.99. The van der Waals surface area contributed by atoms with E-state index in [2.05, 4.69) is 5.32 Å². The summed E-state index contributed by atoms with van der Waals surface area (Å²) in [6.45, 7) is 4.25. The third-order valence-electron chi connectivity index (χ3n) is 6.23. The van der Waals surface area contributed by atoms with Crippen LogP contribution in [0, 0.1) is 0 Å². The summed E-state index contributed by atoms with van der Waals surface area (Å²) in [5.74, 6) is 0.538. The number of hydrogen-bond donors (Lipinski definition) is 1. The molecule has 38 heavy (non-hydrogen) atoms. The van der Waals surface area contributed by atoms with Gasteiger partial charge >= 0.3 is 0 Å². The monoisotopic (exact) mass is 590 g/mol. The summed E-state index contributed by atoms with van der Waals surface area (Å²) in [6.07, 6.45) is 2.21. The highest BCUT2D eigenvalue weighted by Gasteiger charge is 2.30. The van der Waals surface area contributed by atoms with Crippen molar-refractivity contribution in [2.45, 2.75) is 63.1 Å². The summed E-state index contributed by atoms with van der Waals surface area (Å²) in [7, 11) is 0. The van der Waals surface area contributed by atoms with Crippen molar-refractivity contribution in [3.63, 3.8) is 0 Å².